The Morgan fingerprint density at radius 3 is 2.81 bits per heavy atom. The molecule has 0 bridgehead atoms. The van der Waals surface area contributed by atoms with Crippen molar-refractivity contribution in [2.75, 3.05) is 25.0 Å². The molecule has 1 fully saturated rings. The molecule has 1 amide bonds. The molecule has 1 aliphatic rings. The Kier molecular flexibility index (Phi) is 6.69. The lowest BCUT2D eigenvalue weighted by molar-refractivity contribution is 0.102. The van der Waals surface area contributed by atoms with Gasteiger partial charge in [-0.15, -0.1) is 0 Å². The van der Waals surface area contributed by atoms with Gasteiger partial charge in [0.15, 0.2) is 0 Å². The second-order valence-electron chi connectivity index (χ2n) is 8.37. The van der Waals surface area contributed by atoms with E-state index in [1.165, 1.54) is 31.4 Å². The SMILES string of the molecule is CCCCCN1CCC(c2coc3ccc(NC(=O)c4cccc(C#N)c4)cc23)CC1. The summed E-state index contributed by atoms with van der Waals surface area (Å²) in [6, 6.07) is 14.6. The summed E-state index contributed by atoms with van der Waals surface area (Å²) >= 11 is 0. The number of hydrogen-bond donors (Lipinski definition) is 1. The van der Waals surface area contributed by atoms with Gasteiger partial charge in [0.1, 0.15) is 5.58 Å². The zero-order valence-electron chi connectivity index (χ0n) is 18.1. The van der Waals surface area contributed by atoms with Gasteiger partial charge >= 0.3 is 0 Å². The van der Waals surface area contributed by atoms with E-state index in [0.717, 1.165) is 42.6 Å². The largest absolute Gasteiger partial charge is 0.464 e. The normalized spacial score (nSPS) is 15.1. The van der Waals surface area contributed by atoms with E-state index in [-0.39, 0.29) is 5.91 Å². The number of nitriles is 1. The van der Waals surface area contributed by atoms with E-state index < -0.39 is 0 Å². The average molecular weight is 416 g/mol. The summed E-state index contributed by atoms with van der Waals surface area (Å²) in [5.41, 5.74) is 3.78. The van der Waals surface area contributed by atoms with E-state index in [1.54, 1.807) is 24.3 Å². The zero-order chi connectivity index (χ0) is 21.6. The number of carbonyl (C=O) groups is 1. The molecule has 160 valence electrons. The number of piperidine rings is 1. The maximum atomic E-state index is 12.6. The van der Waals surface area contributed by atoms with Gasteiger partial charge in [-0.1, -0.05) is 25.8 Å². The molecule has 3 aromatic rings. The third-order valence-corrected chi connectivity index (χ3v) is 6.22. The van der Waals surface area contributed by atoms with Gasteiger partial charge in [0, 0.05) is 22.2 Å². The molecule has 2 heterocycles. The molecule has 5 heteroatoms. The van der Waals surface area contributed by atoms with Crippen LogP contribution in [0.15, 0.2) is 53.1 Å². The van der Waals surface area contributed by atoms with Crippen molar-refractivity contribution < 1.29 is 9.21 Å². The minimum absolute atomic E-state index is 0.220. The molecule has 5 nitrogen and oxygen atoms in total. The summed E-state index contributed by atoms with van der Waals surface area (Å²) in [6.07, 6.45) is 8.03. The predicted molar refractivity (Wildman–Crippen MR) is 123 cm³/mol. The van der Waals surface area contributed by atoms with Gasteiger partial charge in [0.05, 0.1) is 17.9 Å². The standard InChI is InChI=1S/C26H29N3O2/c1-2-3-4-12-29-13-10-20(11-14-29)24-18-31-25-9-8-22(16-23(24)25)28-26(30)21-7-5-6-19(15-21)17-27/h5-9,15-16,18,20H,2-4,10-14H2,1H3,(H,28,30). The summed E-state index contributed by atoms with van der Waals surface area (Å²) in [7, 11) is 0. The minimum atomic E-state index is -0.220. The molecule has 0 atom stereocenters. The van der Waals surface area contributed by atoms with E-state index in [9.17, 15) is 4.79 Å². The van der Waals surface area contributed by atoms with E-state index in [4.69, 9.17) is 9.68 Å². The van der Waals surface area contributed by atoms with Crippen LogP contribution in [0.25, 0.3) is 11.0 Å². The summed E-state index contributed by atoms with van der Waals surface area (Å²) < 4.78 is 5.82. The number of carbonyl (C=O) groups excluding carboxylic acids is 1. The van der Waals surface area contributed by atoms with Crippen LogP contribution in [0, 0.1) is 11.3 Å². The van der Waals surface area contributed by atoms with Gasteiger partial charge in [-0.2, -0.15) is 5.26 Å². The van der Waals surface area contributed by atoms with Crippen LogP contribution in [0.5, 0.6) is 0 Å². The molecule has 0 spiro atoms. The highest BCUT2D eigenvalue weighted by Gasteiger charge is 2.23. The van der Waals surface area contributed by atoms with Crippen molar-refractivity contribution in [3.63, 3.8) is 0 Å². The highest BCUT2D eigenvalue weighted by molar-refractivity contribution is 6.05. The molecular weight excluding hydrogens is 386 g/mol. The molecule has 0 radical (unpaired) electrons. The molecule has 2 aromatic carbocycles. The van der Waals surface area contributed by atoms with Gasteiger partial charge in [-0.25, -0.2) is 0 Å². The number of nitrogens with zero attached hydrogens (tertiary/aromatic N) is 2. The Labute approximate surface area is 183 Å². The lowest BCUT2D eigenvalue weighted by Gasteiger charge is -2.31. The van der Waals surface area contributed by atoms with Crippen molar-refractivity contribution >= 4 is 22.6 Å². The van der Waals surface area contributed by atoms with Crippen LogP contribution in [-0.4, -0.2) is 30.4 Å². The zero-order valence-corrected chi connectivity index (χ0v) is 18.1. The third kappa shape index (κ3) is 4.98. The Balaban J connectivity index is 1.46. The molecule has 1 aliphatic heterocycles. The monoisotopic (exact) mass is 415 g/mol. The second-order valence-corrected chi connectivity index (χ2v) is 8.37. The first kappa shape index (κ1) is 21.1. The van der Waals surface area contributed by atoms with Gasteiger partial charge in [0.2, 0.25) is 0 Å². The van der Waals surface area contributed by atoms with Crippen molar-refractivity contribution in [3.05, 3.63) is 65.4 Å². The summed E-state index contributed by atoms with van der Waals surface area (Å²) in [5, 5.41) is 13.1. The third-order valence-electron chi connectivity index (χ3n) is 6.22. The van der Waals surface area contributed by atoms with E-state index in [1.807, 2.05) is 24.5 Å². The second kappa shape index (κ2) is 9.80. The number of fused-ring (bicyclic) bond motifs is 1. The number of hydrogen-bond acceptors (Lipinski definition) is 4. The van der Waals surface area contributed by atoms with Crippen molar-refractivity contribution in [3.8, 4) is 6.07 Å². The number of rotatable bonds is 7. The molecule has 1 N–H and O–H groups in total. The molecule has 1 saturated heterocycles. The van der Waals surface area contributed by atoms with Gasteiger partial charge < -0.3 is 14.6 Å². The highest BCUT2D eigenvalue weighted by atomic mass is 16.3. The number of anilines is 1. The molecule has 0 saturated carbocycles. The van der Waals surface area contributed by atoms with Crippen molar-refractivity contribution in [2.24, 2.45) is 0 Å². The summed E-state index contributed by atoms with van der Waals surface area (Å²) in [5.74, 6) is 0.267. The van der Waals surface area contributed by atoms with Crippen LogP contribution in [0.1, 0.15) is 66.4 Å². The lowest BCUT2D eigenvalue weighted by atomic mass is 9.89. The summed E-state index contributed by atoms with van der Waals surface area (Å²) in [6.45, 7) is 5.71. The lowest BCUT2D eigenvalue weighted by Crippen LogP contribution is -2.33. The van der Waals surface area contributed by atoms with Crippen LogP contribution < -0.4 is 5.32 Å². The van der Waals surface area contributed by atoms with Crippen molar-refractivity contribution in [1.82, 2.24) is 4.90 Å². The Morgan fingerprint density at radius 1 is 1.19 bits per heavy atom. The fourth-order valence-electron chi connectivity index (χ4n) is 4.43. The Morgan fingerprint density at radius 2 is 2.03 bits per heavy atom. The molecule has 0 unspecified atom stereocenters. The number of likely N-dealkylation sites (tertiary alicyclic amines) is 1. The number of amides is 1. The van der Waals surface area contributed by atoms with Crippen LogP contribution >= 0.6 is 0 Å². The maximum Gasteiger partial charge on any atom is 0.255 e. The Bertz CT molecular complexity index is 1090. The fourth-order valence-corrected chi connectivity index (χ4v) is 4.43. The quantitative estimate of drug-likeness (QED) is 0.486. The maximum absolute atomic E-state index is 12.6. The van der Waals surface area contributed by atoms with Gasteiger partial charge in [0.25, 0.3) is 5.91 Å². The van der Waals surface area contributed by atoms with E-state index in [0.29, 0.717) is 17.0 Å². The number of furan rings is 1. The first-order valence-electron chi connectivity index (χ1n) is 11.2. The first-order valence-corrected chi connectivity index (χ1v) is 11.2. The number of nitrogens with one attached hydrogen (secondary N) is 1. The topological polar surface area (TPSA) is 69.3 Å². The minimum Gasteiger partial charge on any atom is -0.464 e. The van der Waals surface area contributed by atoms with Crippen LogP contribution in [0.4, 0.5) is 5.69 Å². The number of benzene rings is 2. The average Bonchev–Trinajstić information content (AvgIpc) is 3.23. The summed E-state index contributed by atoms with van der Waals surface area (Å²) in [4.78, 5) is 15.2. The number of unbranched alkanes of at least 4 members (excludes halogenated alkanes) is 2. The molecule has 0 aliphatic carbocycles. The predicted octanol–water partition coefficient (Wildman–Crippen LogP) is 5.93. The molecule has 1 aromatic heterocycles. The van der Waals surface area contributed by atoms with Crippen molar-refractivity contribution in [2.45, 2.75) is 44.9 Å². The fraction of sp³-hybridized carbons (Fsp3) is 0.385. The van der Waals surface area contributed by atoms with E-state index >= 15 is 0 Å². The molecular formula is C26H29N3O2. The molecule has 4 rings (SSSR count). The van der Waals surface area contributed by atoms with Crippen LogP contribution in [0.3, 0.4) is 0 Å². The molecule has 31 heavy (non-hydrogen) atoms. The van der Waals surface area contributed by atoms with Crippen molar-refractivity contribution in [1.29, 1.82) is 5.26 Å². The highest BCUT2D eigenvalue weighted by Crippen LogP contribution is 2.35. The van der Waals surface area contributed by atoms with E-state index in [2.05, 4.69) is 23.2 Å². The van der Waals surface area contributed by atoms with Crippen LogP contribution in [-0.2, 0) is 0 Å². The smallest absolute Gasteiger partial charge is 0.255 e. The van der Waals surface area contributed by atoms with Gasteiger partial charge in [-0.3, -0.25) is 4.79 Å². The van der Waals surface area contributed by atoms with Crippen LogP contribution in [0.2, 0.25) is 0 Å². The Hall–Kier alpha value is -3.10. The first-order chi connectivity index (χ1) is 15.2. The van der Waals surface area contributed by atoms with Gasteiger partial charge in [-0.05, 0) is 81.2 Å².